The van der Waals surface area contributed by atoms with Crippen molar-refractivity contribution in [1.29, 1.82) is 5.26 Å². The SMILES string of the molecule is CC1(C)COCC1n1c(Cc2c(F)cc(-c3cccc(OCc4ccc(C#N)cc4F)n3)c(F)c2F)nc2ccc(C(=O)O)cc21. The first-order chi connectivity index (χ1) is 22.0. The molecular formula is C34H26F4N4O4. The van der Waals surface area contributed by atoms with Crippen molar-refractivity contribution in [2.24, 2.45) is 5.41 Å². The summed E-state index contributed by atoms with van der Waals surface area (Å²) in [6.07, 6.45) is -0.425. The summed E-state index contributed by atoms with van der Waals surface area (Å²) in [5.41, 5.74) is -0.347. The lowest BCUT2D eigenvalue weighted by molar-refractivity contribution is 0.0697. The highest BCUT2D eigenvalue weighted by Crippen LogP contribution is 2.41. The minimum atomic E-state index is -1.42. The van der Waals surface area contributed by atoms with E-state index >= 15 is 13.2 Å². The molecule has 0 aliphatic carbocycles. The Morgan fingerprint density at radius 2 is 1.87 bits per heavy atom. The molecule has 0 amide bonds. The molecule has 12 heteroatoms. The number of carbonyl (C=O) groups is 1. The normalized spacial score (nSPS) is 15.6. The fraction of sp³-hybridized carbons (Fsp3) is 0.235. The number of hydrogen-bond acceptors (Lipinski definition) is 6. The van der Waals surface area contributed by atoms with Gasteiger partial charge in [0.1, 0.15) is 24.1 Å². The highest BCUT2D eigenvalue weighted by molar-refractivity contribution is 5.92. The number of carboxylic acid groups (broad SMARTS) is 1. The smallest absolute Gasteiger partial charge is 0.335 e. The molecule has 1 fully saturated rings. The molecule has 3 heterocycles. The van der Waals surface area contributed by atoms with Crippen LogP contribution in [0.4, 0.5) is 17.6 Å². The van der Waals surface area contributed by atoms with E-state index in [-0.39, 0.29) is 53.3 Å². The summed E-state index contributed by atoms with van der Waals surface area (Å²) in [5.74, 6) is -5.41. The number of benzene rings is 3. The van der Waals surface area contributed by atoms with Crippen molar-refractivity contribution in [3.63, 3.8) is 0 Å². The van der Waals surface area contributed by atoms with Crippen LogP contribution in [0.1, 0.15) is 52.8 Å². The summed E-state index contributed by atoms with van der Waals surface area (Å²) in [6, 6.07) is 14.8. The third kappa shape index (κ3) is 5.65. The van der Waals surface area contributed by atoms with E-state index in [1.165, 1.54) is 48.5 Å². The van der Waals surface area contributed by atoms with Crippen molar-refractivity contribution in [3.05, 3.63) is 112 Å². The first-order valence-corrected chi connectivity index (χ1v) is 14.2. The molecule has 6 rings (SSSR count). The van der Waals surface area contributed by atoms with E-state index in [0.717, 1.165) is 12.1 Å². The standard InChI is InChI=1S/C34H26F4N4O4/c1-34(2)17-45-16-28(34)42-27-11-19(33(43)44)8-9-26(27)40-29(42)13-21-24(36)12-22(32(38)31(21)37)25-4-3-5-30(41-25)46-15-20-7-6-18(14-39)10-23(20)35/h3-12,28H,13,15-17H2,1-2H3,(H,43,44). The minimum Gasteiger partial charge on any atom is -0.478 e. The van der Waals surface area contributed by atoms with Gasteiger partial charge in [0.2, 0.25) is 5.88 Å². The Labute approximate surface area is 260 Å². The Kier molecular flexibility index (Phi) is 7.96. The lowest BCUT2D eigenvalue weighted by Crippen LogP contribution is -2.27. The highest BCUT2D eigenvalue weighted by Gasteiger charge is 2.39. The number of pyridine rings is 1. The van der Waals surface area contributed by atoms with Crippen LogP contribution < -0.4 is 4.74 Å². The quantitative estimate of drug-likeness (QED) is 0.145. The van der Waals surface area contributed by atoms with Crippen LogP contribution in [0.5, 0.6) is 5.88 Å². The number of nitrogens with zero attached hydrogens (tertiary/aromatic N) is 4. The predicted octanol–water partition coefficient (Wildman–Crippen LogP) is 6.99. The van der Waals surface area contributed by atoms with Crippen LogP contribution in [0, 0.1) is 40.0 Å². The van der Waals surface area contributed by atoms with Gasteiger partial charge in [0.25, 0.3) is 0 Å². The summed E-state index contributed by atoms with van der Waals surface area (Å²) < 4.78 is 74.2. The van der Waals surface area contributed by atoms with Crippen LogP contribution in [0.25, 0.3) is 22.3 Å². The summed E-state index contributed by atoms with van der Waals surface area (Å²) >= 11 is 0. The van der Waals surface area contributed by atoms with Crippen molar-refractivity contribution in [2.45, 2.75) is 32.9 Å². The molecule has 3 aromatic carbocycles. The van der Waals surface area contributed by atoms with Gasteiger partial charge in [-0.25, -0.2) is 32.3 Å². The van der Waals surface area contributed by atoms with E-state index in [4.69, 9.17) is 14.7 Å². The first-order valence-electron chi connectivity index (χ1n) is 14.2. The van der Waals surface area contributed by atoms with Gasteiger partial charge in [0.05, 0.1) is 53.2 Å². The number of halogens is 4. The minimum absolute atomic E-state index is 0.0189. The van der Waals surface area contributed by atoms with Gasteiger partial charge in [-0.05, 0) is 42.5 Å². The molecule has 2 aromatic heterocycles. The summed E-state index contributed by atoms with van der Waals surface area (Å²) in [7, 11) is 0. The van der Waals surface area contributed by atoms with Gasteiger partial charge < -0.3 is 19.1 Å². The average Bonchev–Trinajstić information content (AvgIpc) is 3.57. The second-order valence-electron chi connectivity index (χ2n) is 11.7. The van der Waals surface area contributed by atoms with Gasteiger partial charge in [-0.1, -0.05) is 26.0 Å². The van der Waals surface area contributed by atoms with Gasteiger partial charge in [0.15, 0.2) is 11.6 Å². The van der Waals surface area contributed by atoms with Crippen LogP contribution in [0.2, 0.25) is 0 Å². The Morgan fingerprint density at radius 3 is 2.57 bits per heavy atom. The molecule has 0 saturated carbocycles. The molecule has 0 radical (unpaired) electrons. The largest absolute Gasteiger partial charge is 0.478 e. The van der Waals surface area contributed by atoms with E-state index in [1.807, 2.05) is 19.9 Å². The van der Waals surface area contributed by atoms with Crippen LogP contribution in [-0.4, -0.2) is 38.8 Å². The first kappa shape index (κ1) is 30.7. The number of hydrogen-bond donors (Lipinski definition) is 1. The molecule has 1 aliphatic rings. The van der Waals surface area contributed by atoms with Crippen molar-refractivity contribution >= 4 is 17.0 Å². The fourth-order valence-electron chi connectivity index (χ4n) is 5.60. The number of fused-ring (bicyclic) bond motifs is 1. The lowest BCUT2D eigenvalue weighted by Gasteiger charge is -2.28. The van der Waals surface area contributed by atoms with Gasteiger partial charge in [-0.15, -0.1) is 0 Å². The number of ether oxygens (including phenoxy) is 2. The summed E-state index contributed by atoms with van der Waals surface area (Å²) in [4.78, 5) is 20.4. The average molecular weight is 631 g/mol. The maximum atomic E-state index is 15.7. The van der Waals surface area contributed by atoms with Gasteiger partial charge in [0, 0.05) is 34.6 Å². The molecule has 1 N–H and O–H groups in total. The fourth-order valence-corrected chi connectivity index (χ4v) is 5.60. The van der Waals surface area contributed by atoms with Crippen LogP contribution in [-0.2, 0) is 17.8 Å². The van der Waals surface area contributed by atoms with Crippen LogP contribution in [0.3, 0.4) is 0 Å². The zero-order valence-corrected chi connectivity index (χ0v) is 24.7. The Balaban J connectivity index is 1.34. The molecular weight excluding hydrogens is 604 g/mol. The third-order valence-corrected chi connectivity index (χ3v) is 8.12. The number of carboxylic acids is 1. The molecule has 0 spiro atoms. The zero-order chi connectivity index (χ0) is 32.7. The zero-order valence-electron chi connectivity index (χ0n) is 24.7. The summed E-state index contributed by atoms with van der Waals surface area (Å²) in [5, 5.41) is 18.5. The number of rotatable bonds is 8. The summed E-state index contributed by atoms with van der Waals surface area (Å²) in [6.45, 7) is 4.34. The number of imidazole rings is 1. The van der Waals surface area contributed by atoms with Gasteiger partial charge >= 0.3 is 5.97 Å². The Bertz CT molecular complexity index is 2050. The molecule has 0 bridgehead atoms. The number of aromatic nitrogens is 3. The molecule has 234 valence electrons. The number of nitriles is 1. The highest BCUT2D eigenvalue weighted by atomic mass is 19.2. The molecule has 1 saturated heterocycles. The molecule has 1 aliphatic heterocycles. The second kappa shape index (κ2) is 11.9. The molecule has 5 aromatic rings. The monoisotopic (exact) mass is 630 g/mol. The molecule has 1 unspecified atom stereocenters. The van der Waals surface area contributed by atoms with Crippen LogP contribution >= 0.6 is 0 Å². The van der Waals surface area contributed by atoms with E-state index in [0.29, 0.717) is 17.6 Å². The van der Waals surface area contributed by atoms with Crippen molar-refractivity contribution < 1.29 is 36.9 Å². The molecule has 46 heavy (non-hydrogen) atoms. The molecule has 1 atom stereocenters. The van der Waals surface area contributed by atoms with E-state index < -0.39 is 52.2 Å². The Morgan fingerprint density at radius 1 is 1.07 bits per heavy atom. The maximum Gasteiger partial charge on any atom is 0.335 e. The van der Waals surface area contributed by atoms with Gasteiger partial charge in [-0.2, -0.15) is 5.26 Å². The lowest BCUT2D eigenvalue weighted by atomic mass is 9.87. The predicted molar refractivity (Wildman–Crippen MR) is 158 cm³/mol. The van der Waals surface area contributed by atoms with E-state index in [2.05, 4.69) is 9.97 Å². The second-order valence-corrected chi connectivity index (χ2v) is 11.7. The van der Waals surface area contributed by atoms with Gasteiger partial charge in [-0.3, -0.25) is 0 Å². The van der Waals surface area contributed by atoms with E-state index in [9.17, 15) is 14.3 Å². The van der Waals surface area contributed by atoms with Crippen molar-refractivity contribution in [1.82, 2.24) is 14.5 Å². The maximum absolute atomic E-state index is 15.7. The van der Waals surface area contributed by atoms with Crippen LogP contribution in [0.15, 0.2) is 60.7 Å². The van der Waals surface area contributed by atoms with Crippen molar-refractivity contribution in [3.8, 4) is 23.2 Å². The van der Waals surface area contributed by atoms with Crippen molar-refractivity contribution in [2.75, 3.05) is 13.2 Å². The molecule has 8 nitrogen and oxygen atoms in total. The van der Waals surface area contributed by atoms with E-state index in [1.54, 1.807) is 4.57 Å². The Hall–Kier alpha value is -5.28. The topological polar surface area (TPSA) is 110 Å². The number of aromatic carboxylic acids is 1. The third-order valence-electron chi connectivity index (χ3n) is 8.12.